The topological polar surface area (TPSA) is 80.3 Å². The number of ether oxygens (including phenoxy) is 1. The first-order valence-corrected chi connectivity index (χ1v) is 10.4. The summed E-state index contributed by atoms with van der Waals surface area (Å²) in [5.41, 5.74) is 0.295. The number of rotatable bonds is 4. The molecule has 29 heavy (non-hydrogen) atoms. The van der Waals surface area contributed by atoms with Crippen molar-refractivity contribution in [1.29, 1.82) is 0 Å². The van der Waals surface area contributed by atoms with Crippen molar-refractivity contribution < 1.29 is 14.3 Å². The third-order valence-corrected chi connectivity index (χ3v) is 5.20. The molecule has 0 atom stereocenters. The molecule has 1 aliphatic rings. The zero-order valence-electron chi connectivity index (χ0n) is 17.1. The SMILES string of the molecule is CC(C)(C)OC(=O)NC1CCC(CC(=O)Nc2ccc3cc(Cl)ccc3n2)CC1. The summed E-state index contributed by atoms with van der Waals surface area (Å²) in [4.78, 5) is 28.8. The summed E-state index contributed by atoms with van der Waals surface area (Å²) in [5.74, 6) is 0.824. The number of halogens is 1. The molecule has 2 amide bonds. The zero-order valence-corrected chi connectivity index (χ0v) is 17.9. The van der Waals surface area contributed by atoms with E-state index < -0.39 is 5.60 Å². The molecule has 0 unspecified atom stereocenters. The Kier molecular flexibility index (Phi) is 6.63. The Morgan fingerprint density at radius 2 is 1.86 bits per heavy atom. The number of carbonyl (C=O) groups is 2. The molecule has 0 saturated heterocycles. The number of carbonyl (C=O) groups excluding carboxylic acids is 2. The maximum atomic E-state index is 12.4. The van der Waals surface area contributed by atoms with E-state index in [1.165, 1.54) is 0 Å². The maximum Gasteiger partial charge on any atom is 0.407 e. The standard InChI is InChI=1S/C22H28ClN3O3/c1-22(2,3)29-21(28)24-17-8-4-14(5-9-17)12-20(27)26-19-11-6-15-13-16(23)7-10-18(15)25-19/h6-7,10-11,13-14,17H,4-5,8-9,12H2,1-3H3,(H,24,28)(H,25,26,27). The normalized spacial score (nSPS) is 19.6. The first-order chi connectivity index (χ1) is 13.7. The fourth-order valence-electron chi connectivity index (χ4n) is 3.61. The van der Waals surface area contributed by atoms with E-state index in [1.807, 2.05) is 39.0 Å². The van der Waals surface area contributed by atoms with Gasteiger partial charge in [0.15, 0.2) is 0 Å². The lowest BCUT2D eigenvalue weighted by molar-refractivity contribution is -0.117. The highest BCUT2D eigenvalue weighted by atomic mass is 35.5. The molecule has 0 radical (unpaired) electrons. The lowest BCUT2D eigenvalue weighted by Crippen LogP contribution is -2.41. The number of benzene rings is 1. The van der Waals surface area contributed by atoms with Gasteiger partial charge in [0.2, 0.25) is 5.91 Å². The molecule has 0 aliphatic heterocycles. The third kappa shape index (κ3) is 6.60. The van der Waals surface area contributed by atoms with Gasteiger partial charge in [0, 0.05) is 22.9 Å². The summed E-state index contributed by atoms with van der Waals surface area (Å²) in [6, 6.07) is 9.27. The quantitative estimate of drug-likeness (QED) is 0.707. The van der Waals surface area contributed by atoms with Gasteiger partial charge in [-0.15, -0.1) is 0 Å². The van der Waals surface area contributed by atoms with E-state index in [4.69, 9.17) is 16.3 Å². The summed E-state index contributed by atoms with van der Waals surface area (Å²) in [5, 5.41) is 7.42. The minimum Gasteiger partial charge on any atom is -0.444 e. The summed E-state index contributed by atoms with van der Waals surface area (Å²) in [6.45, 7) is 5.55. The molecule has 0 spiro atoms. The van der Waals surface area contributed by atoms with Crippen molar-refractivity contribution in [2.24, 2.45) is 5.92 Å². The Morgan fingerprint density at radius 1 is 1.14 bits per heavy atom. The second kappa shape index (κ2) is 8.99. The molecule has 2 N–H and O–H groups in total. The van der Waals surface area contributed by atoms with Crippen molar-refractivity contribution in [3.63, 3.8) is 0 Å². The van der Waals surface area contributed by atoms with Crippen LogP contribution in [0.4, 0.5) is 10.6 Å². The van der Waals surface area contributed by atoms with Gasteiger partial charge < -0.3 is 15.4 Å². The number of fused-ring (bicyclic) bond motifs is 1. The number of nitrogens with one attached hydrogen (secondary N) is 2. The van der Waals surface area contributed by atoms with E-state index in [9.17, 15) is 9.59 Å². The fraction of sp³-hybridized carbons (Fsp3) is 0.500. The van der Waals surface area contributed by atoms with Crippen LogP contribution >= 0.6 is 11.6 Å². The van der Waals surface area contributed by atoms with Gasteiger partial charge in [0.05, 0.1) is 5.52 Å². The number of pyridine rings is 1. The molecule has 1 aromatic carbocycles. The molecule has 1 aromatic heterocycles. The Labute approximate surface area is 176 Å². The van der Waals surface area contributed by atoms with E-state index in [-0.39, 0.29) is 18.0 Å². The zero-order chi connectivity index (χ0) is 21.0. The van der Waals surface area contributed by atoms with Crippen molar-refractivity contribution in [3.8, 4) is 0 Å². The monoisotopic (exact) mass is 417 g/mol. The number of nitrogens with zero attached hydrogens (tertiary/aromatic N) is 1. The molecular weight excluding hydrogens is 390 g/mol. The molecule has 156 valence electrons. The maximum absolute atomic E-state index is 12.4. The molecule has 6 nitrogen and oxygen atoms in total. The first kappa shape index (κ1) is 21.4. The Hall–Kier alpha value is -2.34. The minimum atomic E-state index is -0.498. The number of amides is 2. The van der Waals surface area contributed by atoms with Gasteiger partial charge in [-0.3, -0.25) is 4.79 Å². The highest BCUT2D eigenvalue weighted by Crippen LogP contribution is 2.28. The Bertz CT molecular complexity index is 886. The largest absolute Gasteiger partial charge is 0.444 e. The van der Waals surface area contributed by atoms with Gasteiger partial charge in [-0.2, -0.15) is 0 Å². The lowest BCUT2D eigenvalue weighted by atomic mass is 9.84. The number of aromatic nitrogens is 1. The van der Waals surface area contributed by atoms with Gasteiger partial charge >= 0.3 is 6.09 Å². The Morgan fingerprint density at radius 3 is 2.55 bits per heavy atom. The van der Waals surface area contributed by atoms with Crippen LogP contribution in [0.5, 0.6) is 0 Å². The van der Waals surface area contributed by atoms with Crippen LogP contribution < -0.4 is 10.6 Å². The summed E-state index contributed by atoms with van der Waals surface area (Å²) in [6.07, 6.45) is 3.59. The molecule has 1 saturated carbocycles. The van der Waals surface area contributed by atoms with Crippen molar-refractivity contribution in [2.45, 2.75) is 64.5 Å². The van der Waals surface area contributed by atoms with Gasteiger partial charge in [-0.25, -0.2) is 9.78 Å². The molecule has 1 fully saturated rings. The summed E-state index contributed by atoms with van der Waals surface area (Å²) < 4.78 is 5.31. The highest BCUT2D eigenvalue weighted by Gasteiger charge is 2.26. The van der Waals surface area contributed by atoms with Crippen LogP contribution in [-0.4, -0.2) is 28.6 Å². The van der Waals surface area contributed by atoms with Crippen LogP contribution in [0, 0.1) is 5.92 Å². The summed E-state index contributed by atoms with van der Waals surface area (Å²) in [7, 11) is 0. The predicted octanol–water partition coefficient (Wildman–Crippen LogP) is 5.30. The first-order valence-electron chi connectivity index (χ1n) is 10.0. The molecule has 7 heteroatoms. The number of hydrogen-bond acceptors (Lipinski definition) is 4. The second-order valence-corrected chi connectivity index (χ2v) is 9.09. The lowest BCUT2D eigenvalue weighted by Gasteiger charge is -2.29. The summed E-state index contributed by atoms with van der Waals surface area (Å²) >= 11 is 5.99. The molecular formula is C22H28ClN3O3. The molecule has 3 rings (SSSR count). The predicted molar refractivity (Wildman–Crippen MR) is 115 cm³/mol. The molecule has 1 aliphatic carbocycles. The fourth-order valence-corrected chi connectivity index (χ4v) is 3.79. The van der Waals surface area contributed by atoms with E-state index in [0.29, 0.717) is 23.2 Å². The van der Waals surface area contributed by atoms with Gasteiger partial charge in [0.25, 0.3) is 0 Å². The van der Waals surface area contributed by atoms with Crippen molar-refractivity contribution in [1.82, 2.24) is 10.3 Å². The van der Waals surface area contributed by atoms with Crippen LogP contribution in [0.3, 0.4) is 0 Å². The number of alkyl carbamates (subject to hydrolysis) is 1. The van der Waals surface area contributed by atoms with Crippen LogP contribution in [0.15, 0.2) is 30.3 Å². The van der Waals surface area contributed by atoms with Gasteiger partial charge in [0.1, 0.15) is 11.4 Å². The molecule has 0 bridgehead atoms. The number of anilines is 1. The van der Waals surface area contributed by atoms with E-state index in [1.54, 1.807) is 12.1 Å². The van der Waals surface area contributed by atoms with Crippen molar-refractivity contribution >= 4 is 40.3 Å². The minimum absolute atomic E-state index is 0.0330. The third-order valence-electron chi connectivity index (χ3n) is 4.96. The molecule has 2 aromatic rings. The van der Waals surface area contributed by atoms with Crippen molar-refractivity contribution in [2.75, 3.05) is 5.32 Å². The van der Waals surface area contributed by atoms with Crippen LogP contribution in [0.1, 0.15) is 52.9 Å². The van der Waals surface area contributed by atoms with Crippen LogP contribution in [0.2, 0.25) is 5.02 Å². The van der Waals surface area contributed by atoms with Gasteiger partial charge in [-0.1, -0.05) is 11.6 Å². The van der Waals surface area contributed by atoms with E-state index >= 15 is 0 Å². The highest BCUT2D eigenvalue weighted by molar-refractivity contribution is 6.31. The van der Waals surface area contributed by atoms with Crippen LogP contribution in [-0.2, 0) is 9.53 Å². The van der Waals surface area contributed by atoms with Gasteiger partial charge in [-0.05, 0) is 82.7 Å². The van der Waals surface area contributed by atoms with E-state index in [0.717, 1.165) is 36.6 Å². The second-order valence-electron chi connectivity index (χ2n) is 8.65. The average molecular weight is 418 g/mol. The van der Waals surface area contributed by atoms with Crippen molar-refractivity contribution in [3.05, 3.63) is 35.4 Å². The smallest absolute Gasteiger partial charge is 0.407 e. The number of hydrogen-bond donors (Lipinski definition) is 2. The molecule has 1 heterocycles. The average Bonchev–Trinajstić information content (AvgIpc) is 2.62. The van der Waals surface area contributed by atoms with Crippen LogP contribution in [0.25, 0.3) is 10.9 Å². The Balaban J connectivity index is 1.45. The van der Waals surface area contributed by atoms with E-state index in [2.05, 4.69) is 15.6 Å².